The zero-order valence-corrected chi connectivity index (χ0v) is 33.6. The van der Waals surface area contributed by atoms with E-state index < -0.39 is 69.1 Å². The van der Waals surface area contributed by atoms with Gasteiger partial charge in [-0.3, -0.25) is 19.3 Å². The van der Waals surface area contributed by atoms with Gasteiger partial charge in [0.15, 0.2) is 11.5 Å². The van der Waals surface area contributed by atoms with Crippen LogP contribution in [0.1, 0.15) is 57.3 Å². The summed E-state index contributed by atoms with van der Waals surface area (Å²) in [5.74, 6) is -3.79. The average Bonchev–Trinajstić information content (AvgIpc) is 3.94. The lowest BCUT2D eigenvalue weighted by Crippen LogP contribution is -2.60. The van der Waals surface area contributed by atoms with Crippen LogP contribution < -0.4 is 5.43 Å². The molecule has 4 aliphatic heterocycles. The molecule has 2 radical (unpaired) electrons. The predicted octanol–water partition coefficient (Wildman–Crippen LogP) is 2.24. The van der Waals surface area contributed by atoms with E-state index in [1.54, 1.807) is 45.2 Å². The summed E-state index contributed by atoms with van der Waals surface area (Å²) in [6, 6.07) is 6.69. The maximum absolute atomic E-state index is 13.9. The highest BCUT2D eigenvalue weighted by Gasteiger charge is 2.66. The Morgan fingerprint density at radius 2 is 1.75 bits per heavy atom. The first-order valence-corrected chi connectivity index (χ1v) is 19.5. The van der Waals surface area contributed by atoms with Crippen molar-refractivity contribution in [1.82, 2.24) is 35.1 Å². The Balaban J connectivity index is 1.13. The summed E-state index contributed by atoms with van der Waals surface area (Å²) in [4.78, 5) is 105. The predicted molar refractivity (Wildman–Crippen MR) is 205 cm³/mol. The molecule has 3 atom stereocenters. The van der Waals surface area contributed by atoms with Gasteiger partial charge in [-0.2, -0.15) is 5.10 Å². The molecule has 1 unspecified atom stereocenters. The fraction of sp³-hybridized carbons (Fsp3) is 0.486. The first-order chi connectivity index (χ1) is 26.8. The number of Topliss-reactive ketones (excluding diaryl/α,β-unsaturated/α-hetero) is 1. The molecule has 0 spiro atoms. The number of hydrogen-bond donors (Lipinski definition) is 1. The third-order valence-corrected chi connectivity index (χ3v) is 11.7. The van der Waals surface area contributed by atoms with Gasteiger partial charge in [0.25, 0.3) is 0 Å². The second-order valence-corrected chi connectivity index (χ2v) is 17.4. The molecule has 4 aliphatic rings. The Morgan fingerprint density at radius 3 is 2.40 bits per heavy atom. The van der Waals surface area contributed by atoms with E-state index in [0.29, 0.717) is 5.01 Å². The van der Waals surface area contributed by atoms with Gasteiger partial charge in [0.1, 0.15) is 11.3 Å². The number of carbonyl (C=O) groups excluding carboxylic acids is 7. The molecule has 0 aliphatic carbocycles. The molecule has 7 amide bonds. The molecule has 6 rings (SSSR count). The van der Waals surface area contributed by atoms with Crippen LogP contribution in [0, 0.1) is 12.8 Å². The molecule has 300 valence electrons. The fourth-order valence-electron chi connectivity index (χ4n) is 6.28. The Kier molecular flexibility index (Phi) is 11.4. The van der Waals surface area contributed by atoms with Crippen molar-refractivity contribution in [2.24, 2.45) is 16.2 Å². The lowest BCUT2D eigenvalue weighted by atomic mass is 9.90. The number of aryl methyl sites for hydroxylation is 1. The molecule has 22 heteroatoms. The van der Waals surface area contributed by atoms with E-state index >= 15 is 0 Å². The number of esters is 1. The number of nitrogens with zero attached hydrogens (tertiary/aromatic N) is 8. The van der Waals surface area contributed by atoms with Crippen molar-refractivity contribution < 1.29 is 47.8 Å². The first-order valence-electron chi connectivity index (χ1n) is 17.8. The topological polar surface area (TPSA) is 213 Å². The van der Waals surface area contributed by atoms with Crippen LogP contribution in [-0.4, -0.2) is 146 Å². The normalized spacial score (nSPS) is 22.6. The zero-order valence-electron chi connectivity index (χ0n) is 32.0. The third kappa shape index (κ3) is 8.32. The number of thiazole rings is 1. The lowest BCUT2D eigenvalue weighted by molar-refractivity contribution is -0.179. The number of nitrogens with one attached hydrogen (secondary N) is 1. The molecule has 4 fully saturated rings. The number of fused-ring (bicyclic) bond motifs is 1. The van der Waals surface area contributed by atoms with Crippen molar-refractivity contribution in [2.75, 3.05) is 32.7 Å². The van der Waals surface area contributed by atoms with Crippen LogP contribution in [0.2, 0.25) is 0 Å². The number of imide groups is 1. The Labute approximate surface area is 337 Å². The summed E-state index contributed by atoms with van der Waals surface area (Å²) in [6.07, 6.45) is 1.11. The minimum Gasteiger partial charge on any atom is -0.541 e. The first kappa shape index (κ1) is 41.1. The maximum atomic E-state index is 13.9. The van der Waals surface area contributed by atoms with Gasteiger partial charge in [-0.25, -0.2) is 44.5 Å². The number of ether oxygens (including phenoxy) is 1. The molecule has 2 aromatic rings. The Morgan fingerprint density at radius 1 is 1.04 bits per heavy atom. The molecule has 57 heavy (non-hydrogen) atoms. The monoisotopic (exact) mass is 821 g/mol. The summed E-state index contributed by atoms with van der Waals surface area (Å²) in [5, 5.41) is 11.7. The number of urea groups is 3. The highest BCUT2D eigenvalue weighted by Crippen LogP contribution is 2.53. The van der Waals surface area contributed by atoms with Crippen molar-refractivity contribution in [3.63, 3.8) is 0 Å². The highest BCUT2D eigenvalue weighted by atomic mass is 32.2. The van der Waals surface area contributed by atoms with E-state index in [2.05, 4.69) is 25.3 Å². The summed E-state index contributed by atoms with van der Waals surface area (Å²) >= 11 is 2.17. The number of β-lactam (4-membered cyclic amide) rings is 1. The molecule has 19 nitrogen and oxygen atoms in total. The van der Waals surface area contributed by atoms with Gasteiger partial charge >= 0.3 is 38.1 Å². The molecule has 1 N–H and O–H groups in total. The SMILES string of the molecule is [B]OC(=O)[C@@]1(N2CCN(NC(=O)N3CCN(/N=C/c4ccccc4)C3=O)C2=O)CN2C(=O)C(CC(=O)/C(=N\OC(C)(C)C(=O)OC(C)(C)C)c3csc(C)n3)[C@H]2S1. The zero-order chi connectivity index (χ0) is 41.4. The van der Waals surface area contributed by atoms with Gasteiger partial charge in [-0.15, -0.1) is 11.3 Å². The van der Waals surface area contributed by atoms with Gasteiger partial charge in [0, 0.05) is 18.3 Å². The van der Waals surface area contributed by atoms with Crippen molar-refractivity contribution in [3.05, 3.63) is 52.0 Å². The van der Waals surface area contributed by atoms with E-state index in [1.807, 2.05) is 18.2 Å². The minimum atomic E-state index is -1.83. The number of amides is 7. The van der Waals surface area contributed by atoms with Crippen LogP contribution in [0.25, 0.3) is 0 Å². The summed E-state index contributed by atoms with van der Waals surface area (Å²) < 4.78 is 10.1. The van der Waals surface area contributed by atoms with Gasteiger partial charge < -0.3 is 19.1 Å². The van der Waals surface area contributed by atoms with Crippen molar-refractivity contribution >= 4 is 84.8 Å². The number of hydrogen-bond acceptors (Lipinski definition) is 15. The second kappa shape index (κ2) is 15.8. The number of aromatic nitrogens is 1. The molecule has 5 heterocycles. The lowest BCUT2D eigenvalue weighted by Gasteiger charge is -2.40. The van der Waals surface area contributed by atoms with E-state index in [1.165, 1.54) is 36.3 Å². The van der Waals surface area contributed by atoms with Crippen molar-refractivity contribution in [3.8, 4) is 0 Å². The van der Waals surface area contributed by atoms with Crippen LogP contribution in [-0.2, 0) is 33.4 Å². The summed E-state index contributed by atoms with van der Waals surface area (Å²) in [5.41, 5.74) is 0.741. The molecular formula is C35H40BN9O10S2. The van der Waals surface area contributed by atoms with Crippen LogP contribution in [0.5, 0.6) is 0 Å². The Bertz CT molecular complexity index is 2040. The fourth-order valence-corrected chi connectivity index (χ4v) is 8.62. The number of hydrazone groups is 1. The number of hydrazine groups is 1. The van der Waals surface area contributed by atoms with E-state index in [4.69, 9.17) is 17.6 Å². The quantitative estimate of drug-likeness (QED) is 0.107. The summed E-state index contributed by atoms with van der Waals surface area (Å²) in [7, 11) is 5.36. The number of ketones is 1. The van der Waals surface area contributed by atoms with E-state index in [0.717, 1.165) is 37.1 Å². The van der Waals surface area contributed by atoms with Crippen LogP contribution in [0.15, 0.2) is 46.0 Å². The second-order valence-electron chi connectivity index (χ2n) is 14.9. The molecule has 1 aromatic heterocycles. The standard InChI is InChI=1S/C35H40BN9O10S2/c1-20-38-23(18-56-20)25(40-55-34(5,6)28(48)53-33(2,3)4)24(46)16-22-26(47)42-19-35(29(49)54-36,57-27(22)42)43-13-15-45(32(43)52)39-30(50)41-12-14-44(31(41)51)37-17-21-10-8-7-9-11-21/h7-11,17-18,22,27H,12-16,19H2,1-6H3,(H,39,50)/b37-17+,40-25-/t22?,27-,35-/m1/s1. The Hall–Kier alpha value is -5.51. The molecule has 0 saturated carbocycles. The highest BCUT2D eigenvalue weighted by molar-refractivity contribution is 8.02. The van der Waals surface area contributed by atoms with Gasteiger partial charge in [0.2, 0.25) is 16.4 Å². The molecule has 4 saturated heterocycles. The molecule has 0 bridgehead atoms. The van der Waals surface area contributed by atoms with Gasteiger partial charge in [0.05, 0.1) is 48.7 Å². The third-order valence-electron chi connectivity index (χ3n) is 9.22. The van der Waals surface area contributed by atoms with Gasteiger partial charge in [-0.05, 0) is 47.1 Å². The number of thioether (sulfide) groups is 1. The van der Waals surface area contributed by atoms with Crippen molar-refractivity contribution in [2.45, 2.75) is 69.4 Å². The summed E-state index contributed by atoms with van der Waals surface area (Å²) in [6.45, 7) is 9.34. The van der Waals surface area contributed by atoms with Crippen LogP contribution in [0.3, 0.4) is 0 Å². The van der Waals surface area contributed by atoms with E-state index in [-0.39, 0.29) is 50.6 Å². The van der Waals surface area contributed by atoms with Crippen molar-refractivity contribution in [1.29, 1.82) is 0 Å². The van der Waals surface area contributed by atoms with E-state index in [9.17, 15) is 33.6 Å². The molecular weight excluding hydrogens is 781 g/mol. The largest absolute Gasteiger partial charge is 0.541 e. The van der Waals surface area contributed by atoms with Gasteiger partial charge in [-0.1, -0.05) is 47.2 Å². The van der Waals surface area contributed by atoms with Crippen LogP contribution >= 0.6 is 23.1 Å². The smallest absolute Gasteiger partial charge is 0.378 e. The maximum Gasteiger partial charge on any atom is 0.378 e. The number of oxime groups is 1. The number of benzene rings is 1. The average molecular weight is 822 g/mol. The number of carbonyl (C=O) groups is 7. The number of rotatable bonds is 12. The van der Waals surface area contributed by atoms with Crippen LogP contribution in [0.4, 0.5) is 14.4 Å². The molecule has 1 aromatic carbocycles. The minimum absolute atomic E-state index is 0.00280.